The number of hydrogen-bond acceptors (Lipinski definition) is 7. The highest BCUT2D eigenvalue weighted by Gasteiger charge is 2.16. The predicted molar refractivity (Wildman–Crippen MR) is 127 cm³/mol. The molecule has 0 saturated carbocycles. The third-order valence-electron chi connectivity index (χ3n) is 4.57. The lowest BCUT2D eigenvalue weighted by Gasteiger charge is -2.09. The van der Waals surface area contributed by atoms with Crippen LogP contribution in [0.1, 0.15) is 21.7 Å². The van der Waals surface area contributed by atoms with E-state index in [2.05, 4.69) is 25.6 Å². The maximum absolute atomic E-state index is 12.4. The van der Waals surface area contributed by atoms with Gasteiger partial charge in [-0.05, 0) is 37.3 Å². The minimum absolute atomic E-state index is 0.0281. The number of aromatic nitrogens is 3. The van der Waals surface area contributed by atoms with Crippen LogP contribution in [-0.4, -0.2) is 45.4 Å². The number of amides is 2. The second-order valence-electron chi connectivity index (χ2n) is 7.07. The number of methoxy groups -OCH3 is 1. The first-order chi connectivity index (χ1) is 15.8. The summed E-state index contributed by atoms with van der Waals surface area (Å²) >= 11 is 7.27. The van der Waals surface area contributed by atoms with E-state index in [0.29, 0.717) is 27.4 Å². The zero-order valence-electron chi connectivity index (χ0n) is 18.2. The van der Waals surface area contributed by atoms with Crippen molar-refractivity contribution in [3.63, 3.8) is 0 Å². The Kier molecular flexibility index (Phi) is 8.07. The number of hydrogen-bond donors (Lipinski definition) is 2. The lowest BCUT2D eigenvalue weighted by Crippen LogP contribution is -2.17. The van der Waals surface area contributed by atoms with Crippen LogP contribution in [0.2, 0.25) is 5.02 Å². The average Bonchev–Trinajstić information content (AvgIpc) is 3.13. The number of nitrogens with one attached hydrogen (secondary N) is 2. The molecular weight excluding hydrogens is 466 g/mol. The number of esters is 1. The van der Waals surface area contributed by atoms with Crippen molar-refractivity contribution in [1.29, 1.82) is 0 Å². The smallest absolute Gasteiger partial charge is 0.337 e. The summed E-state index contributed by atoms with van der Waals surface area (Å²) in [6.45, 7) is 1.97. The van der Waals surface area contributed by atoms with E-state index in [1.165, 1.54) is 25.3 Å². The van der Waals surface area contributed by atoms with Crippen LogP contribution >= 0.6 is 23.4 Å². The Hall–Kier alpha value is -3.37. The SMILES string of the molecule is COC(=O)c1ccc(Cl)c(NC(=O)CSc2nnc(CC(=O)Nc3ccc(C)cc3)n2C)c1. The number of rotatable bonds is 8. The zero-order chi connectivity index (χ0) is 24.0. The summed E-state index contributed by atoms with van der Waals surface area (Å²) in [5, 5.41) is 14.4. The van der Waals surface area contributed by atoms with Gasteiger partial charge in [-0.15, -0.1) is 10.2 Å². The second kappa shape index (κ2) is 11.0. The van der Waals surface area contributed by atoms with Crippen LogP contribution in [0.25, 0.3) is 0 Å². The largest absolute Gasteiger partial charge is 0.465 e. The van der Waals surface area contributed by atoms with E-state index >= 15 is 0 Å². The lowest BCUT2D eigenvalue weighted by atomic mass is 10.2. The van der Waals surface area contributed by atoms with Gasteiger partial charge in [0.1, 0.15) is 5.82 Å². The molecule has 3 rings (SSSR count). The van der Waals surface area contributed by atoms with E-state index in [9.17, 15) is 14.4 Å². The molecule has 0 saturated heterocycles. The molecule has 0 unspecified atom stereocenters. The molecule has 0 radical (unpaired) electrons. The molecule has 11 heteroatoms. The highest BCUT2D eigenvalue weighted by molar-refractivity contribution is 7.99. The number of anilines is 2. The van der Waals surface area contributed by atoms with Crippen molar-refractivity contribution < 1.29 is 19.1 Å². The molecule has 0 aliphatic heterocycles. The Morgan fingerprint density at radius 3 is 2.48 bits per heavy atom. The molecule has 2 N–H and O–H groups in total. The quantitative estimate of drug-likeness (QED) is 0.369. The van der Waals surface area contributed by atoms with Crippen LogP contribution in [0.5, 0.6) is 0 Å². The van der Waals surface area contributed by atoms with Crippen LogP contribution in [0.3, 0.4) is 0 Å². The number of halogens is 1. The van der Waals surface area contributed by atoms with E-state index in [1.54, 1.807) is 11.6 Å². The maximum Gasteiger partial charge on any atom is 0.337 e. The molecule has 0 aliphatic rings. The second-order valence-corrected chi connectivity index (χ2v) is 8.42. The summed E-state index contributed by atoms with van der Waals surface area (Å²) in [6, 6.07) is 12.0. The van der Waals surface area contributed by atoms with Gasteiger partial charge in [-0.1, -0.05) is 41.1 Å². The van der Waals surface area contributed by atoms with Gasteiger partial charge < -0.3 is 19.9 Å². The molecule has 0 bridgehead atoms. The van der Waals surface area contributed by atoms with Crippen molar-refractivity contribution in [3.05, 3.63) is 64.4 Å². The number of thioether (sulfide) groups is 1. The summed E-state index contributed by atoms with van der Waals surface area (Å²) in [7, 11) is 3.00. The highest BCUT2D eigenvalue weighted by Crippen LogP contribution is 2.24. The van der Waals surface area contributed by atoms with Gasteiger partial charge in [0.25, 0.3) is 0 Å². The third kappa shape index (κ3) is 6.56. The summed E-state index contributed by atoms with van der Waals surface area (Å²) in [5.41, 5.74) is 2.38. The first-order valence-electron chi connectivity index (χ1n) is 9.82. The Balaban J connectivity index is 1.56. The molecule has 0 spiro atoms. The minimum Gasteiger partial charge on any atom is -0.465 e. The first kappa shape index (κ1) is 24.3. The van der Waals surface area contributed by atoms with Gasteiger partial charge in [0.2, 0.25) is 11.8 Å². The fourth-order valence-corrected chi connectivity index (χ4v) is 3.69. The lowest BCUT2D eigenvalue weighted by molar-refractivity contribution is -0.116. The van der Waals surface area contributed by atoms with Gasteiger partial charge in [-0.3, -0.25) is 9.59 Å². The Morgan fingerprint density at radius 1 is 1.06 bits per heavy atom. The Labute approximate surface area is 199 Å². The monoisotopic (exact) mass is 487 g/mol. The normalized spacial score (nSPS) is 10.5. The molecular formula is C22H22ClN5O4S. The van der Waals surface area contributed by atoms with Gasteiger partial charge in [0.15, 0.2) is 5.16 Å². The van der Waals surface area contributed by atoms with Crippen LogP contribution in [0, 0.1) is 6.92 Å². The molecule has 3 aromatic rings. The summed E-state index contributed by atoms with van der Waals surface area (Å²) < 4.78 is 6.34. The average molecular weight is 488 g/mol. The van der Waals surface area contributed by atoms with Gasteiger partial charge in [-0.25, -0.2) is 4.79 Å². The number of nitrogens with zero attached hydrogens (tertiary/aromatic N) is 3. The predicted octanol–water partition coefficient (Wildman–Crippen LogP) is 3.48. The van der Waals surface area contributed by atoms with E-state index < -0.39 is 5.97 Å². The Morgan fingerprint density at radius 2 is 1.79 bits per heavy atom. The molecule has 2 aromatic carbocycles. The fraction of sp³-hybridized carbons (Fsp3) is 0.227. The molecule has 1 aromatic heterocycles. The van der Waals surface area contributed by atoms with Crippen molar-refractivity contribution in [1.82, 2.24) is 14.8 Å². The van der Waals surface area contributed by atoms with Crippen LogP contribution in [0.4, 0.5) is 11.4 Å². The van der Waals surface area contributed by atoms with Gasteiger partial charge in [0.05, 0.1) is 35.6 Å². The number of carbonyl (C=O) groups is 3. The van der Waals surface area contributed by atoms with Gasteiger partial charge >= 0.3 is 5.97 Å². The van der Waals surface area contributed by atoms with Crippen LogP contribution in [-0.2, 0) is 27.8 Å². The molecule has 0 aliphatic carbocycles. The molecule has 0 atom stereocenters. The topological polar surface area (TPSA) is 115 Å². The van der Waals surface area contributed by atoms with Gasteiger partial charge in [0, 0.05) is 12.7 Å². The number of ether oxygens (including phenoxy) is 1. The summed E-state index contributed by atoms with van der Waals surface area (Å²) in [5.74, 6) is -0.597. The fourth-order valence-electron chi connectivity index (χ4n) is 2.79. The van der Waals surface area contributed by atoms with E-state index in [-0.39, 0.29) is 29.6 Å². The first-order valence-corrected chi connectivity index (χ1v) is 11.2. The standard InChI is InChI=1S/C22H22ClN5O4S/c1-13-4-7-15(8-5-13)24-19(29)11-18-26-27-22(28(18)2)33-12-20(30)25-17-10-14(21(31)32-3)6-9-16(17)23/h4-10H,11-12H2,1-3H3,(H,24,29)(H,25,30). The van der Waals surface area contributed by atoms with Crippen molar-refractivity contribution >= 4 is 52.5 Å². The van der Waals surface area contributed by atoms with Crippen LogP contribution < -0.4 is 10.6 Å². The van der Waals surface area contributed by atoms with Crippen molar-refractivity contribution in [2.24, 2.45) is 7.05 Å². The minimum atomic E-state index is -0.533. The zero-order valence-corrected chi connectivity index (χ0v) is 19.8. The highest BCUT2D eigenvalue weighted by atomic mass is 35.5. The Bertz CT molecular complexity index is 1180. The summed E-state index contributed by atoms with van der Waals surface area (Å²) in [4.78, 5) is 36.4. The van der Waals surface area contributed by atoms with Crippen molar-refractivity contribution in [3.8, 4) is 0 Å². The molecule has 2 amide bonds. The number of carbonyl (C=O) groups excluding carboxylic acids is 3. The van der Waals surface area contributed by atoms with E-state index in [0.717, 1.165) is 17.3 Å². The van der Waals surface area contributed by atoms with E-state index in [1.807, 2.05) is 31.2 Å². The number of aryl methyl sites for hydroxylation is 1. The molecule has 9 nitrogen and oxygen atoms in total. The maximum atomic E-state index is 12.4. The van der Waals surface area contributed by atoms with Crippen molar-refractivity contribution in [2.45, 2.75) is 18.5 Å². The van der Waals surface area contributed by atoms with E-state index in [4.69, 9.17) is 11.6 Å². The molecule has 172 valence electrons. The molecule has 1 heterocycles. The molecule has 0 fully saturated rings. The number of benzene rings is 2. The molecule has 33 heavy (non-hydrogen) atoms. The third-order valence-corrected chi connectivity index (χ3v) is 5.92. The van der Waals surface area contributed by atoms with Crippen molar-refractivity contribution in [2.75, 3.05) is 23.5 Å². The van der Waals surface area contributed by atoms with Gasteiger partial charge in [-0.2, -0.15) is 0 Å². The summed E-state index contributed by atoms with van der Waals surface area (Å²) in [6.07, 6.45) is 0.0417. The van der Waals surface area contributed by atoms with Crippen LogP contribution in [0.15, 0.2) is 47.6 Å².